The Morgan fingerprint density at radius 3 is 3.00 bits per heavy atom. The first-order valence-electron chi connectivity index (χ1n) is 5.20. The minimum absolute atomic E-state index is 0.234. The maximum absolute atomic E-state index is 8.76. The van der Waals surface area contributed by atoms with Crippen LogP contribution in [0.3, 0.4) is 0 Å². The number of pyridine rings is 1. The van der Waals surface area contributed by atoms with Gasteiger partial charge in [-0.05, 0) is 24.6 Å². The summed E-state index contributed by atoms with van der Waals surface area (Å²) in [5.74, 6) is 0.907. The Bertz CT molecular complexity index is 487. The summed E-state index contributed by atoms with van der Waals surface area (Å²) in [5, 5.41) is 9.84. The summed E-state index contributed by atoms with van der Waals surface area (Å²) in [4.78, 5) is 5.45. The summed E-state index contributed by atoms with van der Waals surface area (Å²) in [7, 11) is 0. The highest BCUT2D eigenvalue weighted by Crippen LogP contribution is 2.30. The molecule has 16 heavy (non-hydrogen) atoms. The summed E-state index contributed by atoms with van der Waals surface area (Å²) in [5.41, 5.74) is 7.44. The topological polar surface area (TPSA) is 59.1 Å². The molecule has 0 aliphatic carbocycles. The predicted octanol–water partition coefficient (Wildman–Crippen LogP) is 2.29. The number of hydrogen-bond acceptors (Lipinski definition) is 4. The molecule has 84 valence electrons. The number of nitrogens with two attached hydrogens (primary N) is 1. The van der Waals surface area contributed by atoms with E-state index in [0.717, 1.165) is 23.1 Å². The third kappa shape index (κ3) is 2.28. The van der Waals surface area contributed by atoms with E-state index in [4.69, 9.17) is 10.8 Å². The molecule has 1 heterocycles. The van der Waals surface area contributed by atoms with E-state index >= 15 is 0 Å². The number of fused-ring (bicyclic) bond motifs is 1. The summed E-state index contributed by atoms with van der Waals surface area (Å²) >= 11 is 1.73. The molecule has 0 atom stereocenters. The standard InChI is InChI=1S/C12H14N2OS/c13-10-4-5-11(16-8-2-7-15)9-3-1-6-14-12(9)10/h1,3-6,15H,2,7-8,13H2. The Balaban J connectivity index is 2.35. The highest BCUT2D eigenvalue weighted by atomic mass is 32.2. The minimum atomic E-state index is 0.234. The van der Waals surface area contributed by atoms with Gasteiger partial charge < -0.3 is 10.8 Å². The average molecular weight is 234 g/mol. The summed E-state index contributed by atoms with van der Waals surface area (Å²) in [6.45, 7) is 0.234. The molecule has 0 aliphatic rings. The molecule has 2 rings (SSSR count). The molecule has 1 aromatic heterocycles. The van der Waals surface area contributed by atoms with E-state index in [1.807, 2.05) is 24.3 Å². The molecule has 0 spiro atoms. The third-order valence-electron chi connectivity index (χ3n) is 2.32. The van der Waals surface area contributed by atoms with Crippen LogP contribution >= 0.6 is 11.8 Å². The Hall–Kier alpha value is -1.26. The normalized spacial score (nSPS) is 10.8. The molecule has 2 aromatic rings. The van der Waals surface area contributed by atoms with Crippen LogP contribution in [0.15, 0.2) is 35.4 Å². The van der Waals surface area contributed by atoms with Crippen LogP contribution in [0.2, 0.25) is 0 Å². The number of aromatic nitrogens is 1. The van der Waals surface area contributed by atoms with Crippen LogP contribution in [0, 0.1) is 0 Å². The Morgan fingerprint density at radius 1 is 1.31 bits per heavy atom. The van der Waals surface area contributed by atoms with Crippen LogP contribution in [0.5, 0.6) is 0 Å². The molecule has 0 bridgehead atoms. The largest absolute Gasteiger partial charge is 0.397 e. The Labute approximate surface area is 98.7 Å². The first kappa shape index (κ1) is 11.2. The van der Waals surface area contributed by atoms with Crippen LogP contribution < -0.4 is 5.73 Å². The van der Waals surface area contributed by atoms with Crippen molar-refractivity contribution in [3.05, 3.63) is 30.5 Å². The minimum Gasteiger partial charge on any atom is -0.397 e. The number of rotatable bonds is 4. The van der Waals surface area contributed by atoms with Crippen molar-refractivity contribution < 1.29 is 5.11 Å². The van der Waals surface area contributed by atoms with Gasteiger partial charge in [-0.3, -0.25) is 4.98 Å². The number of hydrogen-bond donors (Lipinski definition) is 2. The molecule has 1 aromatic carbocycles. The van der Waals surface area contributed by atoms with Gasteiger partial charge in [-0.2, -0.15) is 0 Å². The molecular formula is C12H14N2OS. The van der Waals surface area contributed by atoms with Gasteiger partial charge in [0.1, 0.15) is 0 Å². The van der Waals surface area contributed by atoms with E-state index in [-0.39, 0.29) is 6.61 Å². The van der Waals surface area contributed by atoms with Crippen molar-refractivity contribution >= 4 is 28.4 Å². The zero-order valence-electron chi connectivity index (χ0n) is 8.89. The fraction of sp³-hybridized carbons (Fsp3) is 0.250. The number of nitrogens with zero attached hydrogens (tertiary/aromatic N) is 1. The summed E-state index contributed by atoms with van der Waals surface area (Å²) in [6.07, 6.45) is 2.55. The molecule has 3 nitrogen and oxygen atoms in total. The number of aliphatic hydroxyl groups is 1. The van der Waals surface area contributed by atoms with Crippen molar-refractivity contribution in [2.45, 2.75) is 11.3 Å². The smallest absolute Gasteiger partial charge is 0.0942 e. The van der Waals surface area contributed by atoms with Crippen LogP contribution in [0.4, 0.5) is 5.69 Å². The van der Waals surface area contributed by atoms with E-state index in [2.05, 4.69) is 4.98 Å². The maximum atomic E-state index is 8.76. The SMILES string of the molecule is Nc1ccc(SCCCO)c2cccnc12. The Kier molecular flexibility index (Phi) is 3.64. The molecule has 3 N–H and O–H groups in total. The van der Waals surface area contributed by atoms with Gasteiger partial charge in [0.25, 0.3) is 0 Å². The molecule has 0 amide bonds. The molecule has 0 unspecified atom stereocenters. The quantitative estimate of drug-likeness (QED) is 0.484. The second-order valence-corrected chi connectivity index (χ2v) is 4.61. The van der Waals surface area contributed by atoms with Gasteiger partial charge in [-0.15, -0.1) is 11.8 Å². The lowest BCUT2D eigenvalue weighted by molar-refractivity contribution is 0.296. The van der Waals surface area contributed by atoms with Gasteiger partial charge in [0.2, 0.25) is 0 Å². The number of aliphatic hydroxyl groups excluding tert-OH is 1. The van der Waals surface area contributed by atoms with E-state index in [0.29, 0.717) is 5.69 Å². The second-order valence-electron chi connectivity index (χ2n) is 3.48. The van der Waals surface area contributed by atoms with Crippen molar-refractivity contribution in [2.75, 3.05) is 18.1 Å². The van der Waals surface area contributed by atoms with Gasteiger partial charge in [0.15, 0.2) is 0 Å². The zero-order chi connectivity index (χ0) is 11.4. The van der Waals surface area contributed by atoms with Crippen molar-refractivity contribution in [1.29, 1.82) is 0 Å². The molecule has 0 saturated carbocycles. The number of thioether (sulfide) groups is 1. The van der Waals surface area contributed by atoms with Crippen molar-refractivity contribution in [3.8, 4) is 0 Å². The lowest BCUT2D eigenvalue weighted by atomic mass is 10.2. The third-order valence-corrected chi connectivity index (χ3v) is 3.48. The number of nitrogen functional groups attached to an aromatic ring is 1. The van der Waals surface area contributed by atoms with E-state index < -0.39 is 0 Å². The van der Waals surface area contributed by atoms with Crippen LogP contribution in [0.1, 0.15) is 6.42 Å². The first-order valence-corrected chi connectivity index (χ1v) is 6.18. The highest BCUT2D eigenvalue weighted by Gasteiger charge is 2.04. The molecule has 0 saturated heterocycles. The lowest BCUT2D eigenvalue weighted by Gasteiger charge is -2.07. The van der Waals surface area contributed by atoms with Gasteiger partial charge in [-0.1, -0.05) is 6.07 Å². The van der Waals surface area contributed by atoms with E-state index in [1.54, 1.807) is 18.0 Å². The Morgan fingerprint density at radius 2 is 2.19 bits per heavy atom. The van der Waals surface area contributed by atoms with Crippen molar-refractivity contribution in [2.24, 2.45) is 0 Å². The fourth-order valence-electron chi connectivity index (χ4n) is 1.54. The van der Waals surface area contributed by atoms with Crippen molar-refractivity contribution in [3.63, 3.8) is 0 Å². The second kappa shape index (κ2) is 5.18. The number of benzene rings is 1. The molecule has 0 radical (unpaired) electrons. The van der Waals surface area contributed by atoms with Crippen LogP contribution in [-0.4, -0.2) is 22.5 Å². The average Bonchev–Trinajstić information content (AvgIpc) is 2.33. The van der Waals surface area contributed by atoms with Gasteiger partial charge in [0.05, 0.1) is 11.2 Å². The van der Waals surface area contributed by atoms with E-state index in [1.165, 1.54) is 4.90 Å². The van der Waals surface area contributed by atoms with Gasteiger partial charge in [-0.25, -0.2) is 0 Å². The van der Waals surface area contributed by atoms with Gasteiger partial charge >= 0.3 is 0 Å². The molecular weight excluding hydrogens is 220 g/mol. The lowest BCUT2D eigenvalue weighted by Crippen LogP contribution is -1.91. The molecule has 0 fully saturated rings. The maximum Gasteiger partial charge on any atom is 0.0942 e. The predicted molar refractivity (Wildman–Crippen MR) is 68.6 cm³/mol. The summed E-state index contributed by atoms with van der Waals surface area (Å²) < 4.78 is 0. The van der Waals surface area contributed by atoms with Crippen molar-refractivity contribution in [1.82, 2.24) is 4.98 Å². The molecule has 4 heteroatoms. The first-order chi connectivity index (χ1) is 7.83. The monoisotopic (exact) mass is 234 g/mol. The zero-order valence-corrected chi connectivity index (χ0v) is 9.70. The fourth-order valence-corrected chi connectivity index (χ4v) is 2.52. The highest BCUT2D eigenvalue weighted by molar-refractivity contribution is 7.99. The number of anilines is 1. The van der Waals surface area contributed by atoms with Crippen LogP contribution in [-0.2, 0) is 0 Å². The summed E-state index contributed by atoms with van der Waals surface area (Å²) in [6, 6.07) is 7.84. The molecule has 0 aliphatic heterocycles. The van der Waals surface area contributed by atoms with Crippen LogP contribution in [0.25, 0.3) is 10.9 Å². The van der Waals surface area contributed by atoms with Gasteiger partial charge in [0, 0.05) is 28.8 Å². The van der Waals surface area contributed by atoms with E-state index in [9.17, 15) is 0 Å².